The second-order valence-electron chi connectivity index (χ2n) is 10.4. The SMILES string of the molecule is CN(C)CCCNC(=O)/C=C/C=C/CCCCCCCCCCCCC(=O)NCCC[N+](C)(C)O.[U]. The molecule has 0 aliphatic heterocycles. The number of hydroxylamine groups is 3. The molecule has 0 fully saturated rings. The minimum atomic E-state index is -0.0501. The Balaban J connectivity index is 0. The van der Waals surface area contributed by atoms with Gasteiger partial charge in [-0.2, -0.15) is 4.65 Å². The third-order valence-electron chi connectivity index (χ3n) is 5.81. The molecular weight excluding hydrogens is 678 g/mol. The normalized spacial score (nSPS) is 11.8. The maximum absolute atomic E-state index is 11.8. The first-order valence-corrected chi connectivity index (χ1v) is 13.8. The summed E-state index contributed by atoms with van der Waals surface area (Å²) in [4.78, 5) is 25.5. The monoisotopic (exact) mass is 733 g/mol. The minimum Gasteiger partial charge on any atom is -0.356 e. The first-order chi connectivity index (χ1) is 16.7. The number of hydrogen-bond acceptors (Lipinski definition) is 4. The number of quaternary nitrogens is 1. The van der Waals surface area contributed by atoms with Gasteiger partial charge in [0.05, 0.1) is 14.1 Å². The van der Waals surface area contributed by atoms with Gasteiger partial charge in [-0.15, -0.1) is 0 Å². The van der Waals surface area contributed by atoms with Crippen molar-refractivity contribution in [3.63, 3.8) is 0 Å². The van der Waals surface area contributed by atoms with Crippen LogP contribution in [0.1, 0.15) is 89.9 Å². The predicted octanol–water partition coefficient (Wildman–Crippen LogP) is 4.82. The Morgan fingerprint density at radius 3 is 1.92 bits per heavy atom. The summed E-state index contributed by atoms with van der Waals surface area (Å²) in [5.74, 6) is 0.115. The van der Waals surface area contributed by atoms with Gasteiger partial charge in [0.15, 0.2) is 0 Å². The molecule has 0 unspecified atom stereocenters. The van der Waals surface area contributed by atoms with Gasteiger partial charge in [-0.1, -0.05) is 69.6 Å². The smallest absolute Gasteiger partial charge is 0.243 e. The standard InChI is InChI=1S/C28H54N4O3.U/c1-31(2)25-19-23-29-27(33)21-17-15-13-11-9-7-5-6-8-10-12-14-16-18-22-28(34)30-24-20-26-32(3,4)35;/h13,15,17,21,35H,5-12,14,16,18-20,22-26H2,1-4H3,(H-,29,30,33,34);/p+1/b15-13+,21-17+;. The van der Waals surface area contributed by atoms with E-state index in [1.165, 1.54) is 51.4 Å². The fourth-order valence-electron chi connectivity index (χ4n) is 3.73. The number of rotatable bonds is 23. The largest absolute Gasteiger partial charge is 0.356 e. The van der Waals surface area contributed by atoms with E-state index in [0.717, 1.165) is 45.2 Å². The molecule has 0 aliphatic carbocycles. The molecule has 0 spiro atoms. The van der Waals surface area contributed by atoms with E-state index in [-0.39, 0.29) is 47.6 Å². The van der Waals surface area contributed by atoms with Gasteiger partial charge < -0.3 is 15.5 Å². The number of nitrogens with one attached hydrogen (secondary N) is 2. The van der Waals surface area contributed by atoms with Gasteiger partial charge in [0.1, 0.15) is 6.54 Å². The van der Waals surface area contributed by atoms with Crippen molar-refractivity contribution < 1.29 is 50.6 Å². The van der Waals surface area contributed by atoms with Crippen LogP contribution in [0.25, 0.3) is 0 Å². The molecule has 0 bridgehead atoms. The molecule has 0 saturated heterocycles. The van der Waals surface area contributed by atoms with E-state index in [2.05, 4.69) is 21.6 Å². The molecule has 8 heteroatoms. The number of hydrogen-bond donors (Lipinski definition) is 3. The van der Waals surface area contributed by atoms with Crippen LogP contribution in [0.4, 0.5) is 0 Å². The second-order valence-corrected chi connectivity index (χ2v) is 10.4. The van der Waals surface area contributed by atoms with E-state index in [0.29, 0.717) is 19.5 Å². The fourth-order valence-corrected chi connectivity index (χ4v) is 3.73. The number of allylic oxidation sites excluding steroid dienone is 3. The van der Waals surface area contributed by atoms with Crippen molar-refractivity contribution in [1.82, 2.24) is 15.5 Å². The third-order valence-corrected chi connectivity index (χ3v) is 5.81. The molecule has 0 heterocycles. The van der Waals surface area contributed by atoms with Crippen molar-refractivity contribution in [2.75, 3.05) is 54.4 Å². The average molecular weight is 734 g/mol. The van der Waals surface area contributed by atoms with E-state index in [1.54, 1.807) is 20.2 Å². The second kappa shape index (κ2) is 26.0. The van der Waals surface area contributed by atoms with Crippen LogP contribution >= 0.6 is 0 Å². The van der Waals surface area contributed by atoms with Crippen LogP contribution in [-0.2, 0) is 9.59 Å². The average Bonchev–Trinajstić information content (AvgIpc) is 2.78. The van der Waals surface area contributed by atoms with Crippen LogP contribution in [0.3, 0.4) is 0 Å². The first-order valence-electron chi connectivity index (χ1n) is 13.8. The summed E-state index contributed by atoms with van der Waals surface area (Å²) < 4.78 is -0.0501. The zero-order valence-corrected chi connectivity index (χ0v) is 27.9. The summed E-state index contributed by atoms with van der Waals surface area (Å²) in [5, 5.41) is 15.4. The molecule has 0 aromatic carbocycles. The van der Waals surface area contributed by atoms with E-state index in [4.69, 9.17) is 0 Å². The molecule has 0 atom stereocenters. The molecular formula is C28H55N4O3U+. The molecule has 0 rings (SSSR count). The van der Waals surface area contributed by atoms with Gasteiger partial charge in [-0.3, -0.25) is 9.59 Å². The molecule has 7 nitrogen and oxygen atoms in total. The number of nitrogens with zero attached hydrogens (tertiary/aromatic N) is 2. The number of unbranched alkanes of at least 4 members (excludes halogenated alkanes) is 10. The molecule has 0 aliphatic rings. The summed E-state index contributed by atoms with van der Waals surface area (Å²) >= 11 is 0. The Hall–Kier alpha value is -0.648. The number of carbonyl (C=O) groups excluding carboxylic acids is 2. The van der Waals surface area contributed by atoms with Crippen LogP contribution in [0.5, 0.6) is 0 Å². The summed E-state index contributed by atoms with van der Waals surface area (Å²) in [5.41, 5.74) is 0. The summed E-state index contributed by atoms with van der Waals surface area (Å²) in [7, 11) is 7.54. The van der Waals surface area contributed by atoms with Crippen molar-refractivity contribution in [3.05, 3.63) is 24.3 Å². The van der Waals surface area contributed by atoms with Gasteiger partial charge in [0.25, 0.3) is 0 Å². The Bertz CT molecular complexity index is 590. The van der Waals surface area contributed by atoms with E-state index in [9.17, 15) is 14.8 Å². The quantitative estimate of drug-likeness (QED) is 0.0463. The zero-order valence-electron chi connectivity index (χ0n) is 23.7. The van der Waals surface area contributed by atoms with E-state index < -0.39 is 0 Å². The van der Waals surface area contributed by atoms with Gasteiger partial charge in [0.2, 0.25) is 11.8 Å². The molecule has 3 N–H and O–H groups in total. The van der Waals surface area contributed by atoms with Crippen LogP contribution in [0.15, 0.2) is 24.3 Å². The van der Waals surface area contributed by atoms with Crippen molar-refractivity contribution in [2.24, 2.45) is 0 Å². The van der Waals surface area contributed by atoms with Gasteiger partial charge >= 0.3 is 0 Å². The maximum atomic E-state index is 11.8. The molecule has 36 heavy (non-hydrogen) atoms. The van der Waals surface area contributed by atoms with Crippen molar-refractivity contribution in [2.45, 2.75) is 89.9 Å². The predicted molar refractivity (Wildman–Crippen MR) is 146 cm³/mol. The zero-order chi connectivity index (χ0) is 26.2. The van der Waals surface area contributed by atoms with Crippen LogP contribution in [-0.4, -0.2) is 80.9 Å². The van der Waals surface area contributed by atoms with Crippen LogP contribution < -0.4 is 10.6 Å². The molecule has 208 valence electrons. The molecule has 0 aromatic rings. The first kappa shape index (κ1) is 37.5. The Morgan fingerprint density at radius 2 is 1.33 bits per heavy atom. The Labute approximate surface area is 245 Å². The maximum Gasteiger partial charge on any atom is 0.243 e. The summed E-state index contributed by atoms with van der Waals surface area (Å²) in [6.45, 7) is 2.99. The summed E-state index contributed by atoms with van der Waals surface area (Å²) in [6.07, 6.45) is 23.3. The molecule has 0 aromatic heterocycles. The Kier molecular flexibility index (Phi) is 27.1. The third kappa shape index (κ3) is 31.4. The van der Waals surface area contributed by atoms with Crippen LogP contribution in [0.2, 0.25) is 0 Å². The fraction of sp³-hybridized carbons (Fsp3) is 0.786. The van der Waals surface area contributed by atoms with E-state index >= 15 is 0 Å². The molecule has 2 amide bonds. The van der Waals surface area contributed by atoms with Gasteiger partial charge in [-0.05, 0) is 46.3 Å². The van der Waals surface area contributed by atoms with Gasteiger partial charge in [-0.25, -0.2) is 5.21 Å². The van der Waals surface area contributed by atoms with Crippen LogP contribution in [0, 0.1) is 31.1 Å². The van der Waals surface area contributed by atoms with Crippen molar-refractivity contribution >= 4 is 11.8 Å². The minimum absolute atomic E-state index is 0. The van der Waals surface area contributed by atoms with Crippen molar-refractivity contribution in [3.8, 4) is 0 Å². The molecule has 0 saturated carbocycles. The topological polar surface area (TPSA) is 81.7 Å². The van der Waals surface area contributed by atoms with E-state index in [1.807, 2.05) is 26.2 Å². The number of amides is 2. The summed E-state index contributed by atoms with van der Waals surface area (Å²) in [6, 6.07) is 0. The van der Waals surface area contributed by atoms with Gasteiger partial charge in [0, 0.05) is 63.1 Å². The number of carbonyl (C=O) groups is 2. The van der Waals surface area contributed by atoms with Crippen molar-refractivity contribution in [1.29, 1.82) is 0 Å². The Morgan fingerprint density at radius 1 is 0.778 bits per heavy atom. The molecule has 0 radical (unpaired) electrons.